The molecule has 24 heavy (non-hydrogen) atoms. The maximum atomic E-state index is 12.6. The maximum Gasteiger partial charge on any atom is 0.317 e. The van der Waals surface area contributed by atoms with Crippen LogP contribution in [-0.4, -0.2) is 49.6 Å². The smallest absolute Gasteiger partial charge is 0.317 e. The summed E-state index contributed by atoms with van der Waals surface area (Å²) in [4.78, 5) is 14.5. The van der Waals surface area contributed by atoms with Crippen molar-refractivity contribution in [1.82, 2.24) is 10.2 Å². The van der Waals surface area contributed by atoms with Gasteiger partial charge in [0.15, 0.2) is 5.79 Å². The van der Waals surface area contributed by atoms with Gasteiger partial charge in [0.25, 0.3) is 0 Å². The molecular weight excluding hydrogens is 304 g/mol. The van der Waals surface area contributed by atoms with Crippen LogP contribution in [0.5, 0.6) is 0 Å². The van der Waals surface area contributed by atoms with Crippen molar-refractivity contribution in [2.75, 3.05) is 32.8 Å². The number of amides is 2. The fourth-order valence-corrected chi connectivity index (χ4v) is 4.22. The minimum absolute atomic E-state index is 0.0469. The predicted molar refractivity (Wildman–Crippen MR) is 90.9 cm³/mol. The first-order chi connectivity index (χ1) is 11.7. The molecule has 2 atom stereocenters. The standard InChI is InChI=1S/C19H26N2O3/c1-19(23-9-10-24-19)16-6-4-8-21(13-16)18(22)20-12-15-11-14-5-2-3-7-17(14)15/h2-3,5,7,15-16H,4,6,8-13H2,1H3,(H,20,22)/t15-,16-/m1/s1. The van der Waals surface area contributed by atoms with Crippen LogP contribution in [0.25, 0.3) is 0 Å². The molecule has 0 saturated carbocycles. The number of benzene rings is 1. The summed E-state index contributed by atoms with van der Waals surface area (Å²) >= 11 is 0. The summed E-state index contributed by atoms with van der Waals surface area (Å²) in [6.07, 6.45) is 3.13. The van der Waals surface area contributed by atoms with Crippen LogP contribution >= 0.6 is 0 Å². The van der Waals surface area contributed by atoms with Crippen LogP contribution in [0.4, 0.5) is 4.79 Å². The van der Waals surface area contributed by atoms with Gasteiger partial charge in [-0.05, 0) is 37.3 Å². The van der Waals surface area contributed by atoms with E-state index >= 15 is 0 Å². The van der Waals surface area contributed by atoms with Gasteiger partial charge in [0.05, 0.1) is 13.2 Å². The Balaban J connectivity index is 1.30. The second kappa shape index (κ2) is 6.37. The van der Waals surface area contributed by atoms with Gasteiger partial charge in [-0.2, -0.15) is 0 Å². The topological polar surface area (TPSA) is 50.8 Å². The molecule has 4 rings (SSSR count). The van der Waals surface area contributed by atoms with Crippen molar-refractivity contribution in [2.24, 2.45) is 5.92 Å². The van der Waals surface area contributed by atoms with E-state index in [1.807, 2.05) is 11.8 Å². The van der Waals surface area contributed by atoms with E-state index in [9.17, 15) is 4.79 Å². The number of carbonyl (C=O) groups excluding carboxylic acids is 1. The first-order valence-corrected chi connectivity index (χ1v) is 9.04. The molecule has 0 aromatic heterocycles. The molecule has 0 bridgehead atoms. The minimum atomic E-state index is -0.522. The molecule has 2 heterocycles. The van der Waals surface area contributed by atoms with Crippen molar-refractivity contribution in [3.8, 4) is 0 Å². The summed E-state index contributed by atoms with van der Waals surface area (Å²) < 4.78 is 11.6. The van der Waals surface area contributed by atoms with E-state index in [0.29, 0.717) is 25.7 Å². The maximum absolute atomic E-state index is 12.6. The van der Waals surface area contributed by atoms with Crippen molar-refractivity contribution in [1.29, 1.82) is 0 Å². The Morgan fingerprint density at radius 3 is 2.92 bits per heavy atom. The Hall–Kier alpha value is -1.59. The summed E-state index contributed by atoms with van der Waals surface area (Å²) in [5, 5.41) is 3.12. The highest BCUT2D eigenvalue weighted by atomic mass is 16.7. The molecule has 1 aliphatic carbocycles. The predicted octanol–water partition coefficient (Wildman–Crippen LogP) is 2.51. The number of ether oxygens (including phenoxy) is 2. The number of likely N-dealkylation sites (tertiary alicyclic amines) is 1. The molecule has 5 nitrogen and oxygen atoms in total. The van der Waals surface area contributed by atoms with Gasteiger partial charge in [0.1, 0.15) is 0 Å². The molecule has 1 N–H and O–H groups in total. The number of nitrogens with zero attached hydrogens (tertiary/aromatic N) is 1. The summed E-state index contributed by atoms with van der Waals surface area (Å²) in [6.45, 7) is 5.57. The first-order valence-electron chi connectivity index (χ1n) is 9.04. The molecular formula is C19H26N2O3. The Labute approximate surface area is 143 Å². The van der Waals surface area contributed by atoms with Gasteiger partial charge in [0, 0.05) is 31.5 Å². The number of carbonyl (C=O) groups is 1. The zero-order chi connectivity index (χ0) is 16.6. The third-order valence-corrected chi connectivity index (χ3v) is 5.77. The van der Waals surface area contributed by atoms with E-state index in [2.05, 4.69) is 29.6 Å². The molecule has 0 unspecified atom stereocenters. The molecule has 5 heteroatoms. The molecule has 0 radical (unpaired) electrons. The lowest BCUT2D eigenvalue weighted by molar-refractivity contribution is -0.189. The number of hydrogen-bond acceptors (Lipinski definition) is 3. The third kappa shape index (κ3) is 2.91. The van der Waals surface area contributed by atoms with E-state index in [1.54, 1.807) is 0 Å². The van der Waals surface area contributed by atoms with Gasteiger partial charge in [-0.1, -0.05) is 24.3 Å². The van der Waals surface area contributed by atoms with Crippen LogP contribution < -0.4 is 5.32 Å². The van der Waals surface area contributed by atoms with Crippen LogP contribution in [0.2, 0.25) is 0 Å². The van der Waals surface area contributed by atoms with Gasteiger partial charge < -0.3 is 19.7 Å². The Morgan fingerprint density at radius 1 is 1.33 bits per heavy atom. The first kappa shape index (κ1) is 15.9. The third-order valence-electron chi connectivity index (χ3n) is 5.77. The number of rotatable bonds is 3. The number of piperidine rings is 1. The molecule has 2 aliphatic heterocycles. The van der Waals surface area contributed by atoms with Crippen molar-refractivity contribution in [2.45, 2.75) is 37.9 Å². The second-order valence-corrected chi connectivity index (χ2v) is 7.28. The SMILES string of the molecule is CC1([C@@H]2CCCN(C(=O)NC[C@H]3Cc4ccccc43)C2)OCCO1. The molecule has 1 aromatic rings. The summed E-state index contributed by atoms with van der Waals surface area (Å²) in [5.74, 6) is 0.194. The van der Waals surface area contributed by atoms with Crippen LogP contribution in [0.1, 0.15) is 36.8 Å². The highest BCUT2D eigenvalue weighted by molar-refractivity contribution is 5.74. The quantitative estimate of drug-likeness (QED) is 0.926. The van der Waals surface area contributed by atoms with E-state index in [1.165, 1.54) is 11.1 Å². The lowest BCUT2D eigenvalue weighted by atomic mass is 9.78. The van der Waals surface area contributed by atoms with Gasteiger partial charge >= 0.3 is 6.03 Å². The lowest BCUT2D eigenvalue weighted by Gasteiger charge is -2.40. The number of hydrogen-bond donors (Lipinski definition) is 1. The van der Waals surface area contributed by atoms with E-state index in [-0.39, 0.29) is 11.9 Å². The van der Waals surface area contributed by atoms with E-state index in [4.69, 9.17) is 9.47 Å². The molecule has 130 valence electrons. The van der Waals surface area contributed by atoms with Crippen molar-refractivity contribution in [3.63, 3.8) is 0 Å². The largest absolute Gasteiger partial charge is 0.347 e. The van der Waals surface area contributed by atoms with Crippen molar-refractivity contribution >= 4 is 6.03 Å². The Bertz CT molecular complexity index is 612. The molecule has 3 aliphatic rings. The van der Waals surface area contributed by atoms with Crippen LogP contribution in [0, 0.1) is 5.92 Å². The highest BCUT2D eigenvalue weighted by Gasteiger charge is 2.42. The summed E-state index contributed by atoms with van der Waals surface area (Å²) in [5.41, 5.74) is 2.80. The highest BCUT2D eigenvalue weighted by Crippen LogP contribution is 2.35. The van der Waals surface area contributed by atoms with Crippen molar-refractivity contribution in [3.05, 3.63) is 35.4 Å². The van der Waals surface area contributed by atoms with Crippen LogP contribution in [0.3, 0.4) is 0 Å². The number of nitrogens with one attached hydrogen (secondary N) is 1. The lowest BCUT2D eigenvalue weighted by Crippen LogP contribution is -2.52. The molecule has 2 amide bonds. The Morgan fingerprint density at radius 2 is 2.12 bits per heavy atom. The van der Waals surface area contributed by atoms with Gasteiger partial charge in [-0.3, -0.25) is 0 Å². The monoisotopic (exact) mass is 330 g/mol. The fourth-order valence-electron chi connectivity index (χ4n) is 4.22. The van der Waals surface area contributed by atoms with Gasteiger partial charge in [-0.15, -0.1) is 0 Å². The average molecular weight is 330 g/mol. The van der Waals surface area contributed by atoms with Gasteiger partial charge in [0.2, 0.25) is 0 Å². The summed E-state index contributed by atoms with van der Waals surface area (Å²) in [6, 6.07) is 8.54. The summed E-state index contributed by atoms with van der Waals surface area (Å²) in [7, 11) is 0. The van der Waals surface area contributed by atoms with Crippen LogP contribution in [0.15, 0.2) is 24.3 Å². The molecule has 1 aromatic carbocycles. The fraction of sp³-hybridized carbons (Fsp3) is 0.632. The molecule has 2 saturated heterocycles. The van der Waals surface area contributed by atoms with Gasteiger partial charge in [-0.25, -0.2) is 4.79 Å². The number of fused-ring (bicyclic) bond motifs is 1. The molecule has 2 fully saturated rings. The van der Waals surface area contributed by atoms with E-state index < -0.39 is 5.79 Å². The number of urea groups is 1. The van der Waals surface area contributed by atoms with Crippen molar-refractivity contribution < 1.29 is 14.3 Å². The average Bonchev–Trinajstić information content (AvgIpc) is 3.04. The minimum Gasteiger partial charge on any atom is -0.347 e. The van der Waals surface area contributed by atoms with E-state index in [0.717, 1.165) is 32.4 Å². The normalized spacial score (nSPS) is 28.1. The Kier molecular flexibility index (Phi) is 4.22. The zero-order valence-corrected chi connectivity index (χ0v) is 14.3. The van der Waals surface area contributed by atoms with Crippen LogP contribution in [-0.2, 0) is 15.9 Å². The zero-order valence-electron chi connectivity index (χ0n) is 14.3. The second-order valence-electron chi connectivity index (χ2n) is 7.28. The molecule has 0 spiro atoms.